The van der Waals surface area contributed by atoms with Gasteiger partial charge in [-0.3, -0.25) is 9.59 Å². The molecule has 5 nitrogen and oxygen atoms in total. The smallest absolute Gasteiger partial charge is 0.227 e. The zero-order chi connectivity index (χ0) is 19.6. The van der Waals surface area contributed by atoms with Crippen LogP contribution in [0.25, 0.3) is 0 Å². The molecular weight excluding hydrogens is 357 g/mol. The van der Waals surface area contributed by atoms with Gasteiger partial charge in [0.2, 0.25) is 11.8 Å². The van der Waals surface area contributed by atoms with E-state index in [9.17, 15) is 14.0 Å². The molecule has 0 bridgehead atoms. The monoisotopic (exact) mass is 387 g/mol. The van der Waals surface area contributed by atoms with Crippen LogP contribution in [-0.2, 0) is 16.0 Å². The van der Waals surface area contributed by atoms with Gasteiger partial charge in [0.25, 0.3) is 0 Å². The summed E-state index contributed by atoms with van der Waals surface area (Å²) in [6, 6.07) is 6.07. The molecule has 28 heavy (non-hydrogen) atoms. The minimum atomic E-state index is -0.295. The van der Waals surface area contributed by atoms with Crippen molar-refractivity contribution in [1.29, 1.82) is 0 Å². The minimum absolute atomic E-state index is 0.0266. The molecule has 2 amide bonds. The van der Waals surface area contributed by atoms with Gasteiger partial charge in [-0.1, -0.05) is 12.1 Å². The third kappa shape index (κ3) is 4.22. The molecule has 1 N–H and O–H groups in total. The van der Waals surface area contributed by atoms with E-state index in [0.717, 1.165) is 57.4 Å². The molecule has 3 fully saturated rings. The number of nitrogens with zero attached hydrogens (tertiary/aromatic N) is 2. The van der Waals surface area contributed by atoms with Crippen molar-refractivity contribution in [2.75, 3.05) is 39.3 Å². The van der Waals surface area contributed by atoms with Gasteiger partial charge in [-0.15, -0.1) is 0 Å². The Kier molecular flexibility index (Phi) is 5.67. The summed E-state index contributed by atoms with van der Waals surface area (Å²) in [6.45, 7) is 5.10. The van der Waals surface area contributed by atoms with E-state index >= 15 is 0 Å². The Morgan fingerprint density at radius 2 is 1.82 bits per heavy atom. The van der Waals surface area contributed by atoms with Crippen molar-refractivity contribution in [1.82, 2.24) is 15.1 Å². The third-order valence-corrected chi connectivity index (χ3v) is 6.86. The maximum atomic E-state index is 13.1. The van der Waals surface area contributed by atoms with Crippen LogP contribution in [-0.4, -0.2) is 60.9 Å². The van der Waals surface area contributed by atoms with Crippen molar-refractivity contribution in [2.45, 2.75) is 38.5 Å². The lowest BCUT2D eigenvalue weighted by atomic mass is 9.77. The van der Waals surface area contributed by atoms with Crippen molar-refractivity contribution >= 4 is 11.8 Å². The zero-order valence-electron chi connectivity index (χ0n) is 16.5. The number of benzene rings is 1. The molecule has 0 aliphatic carbocycles. The second-order valence-electron chi connectivity index (χ2n) is 8.73. The molecule has 3 heterocycles. The summed E-state index contributed by atoms with van der Waals surface area (Å²) in [5.41, 5.74) is 1.21. The molecule has 1 aromatic rings. The van der Waals surface area contributed by atoms with Gasteiger partial charge in [-0.2, -0.15) is 0 Å². The van der Waals surface area contributed by atoms with Crippen molar-refractivity contribution < 1.29 is 14.0 Å². The number of amides is 2. The standard InChI is InChI=1S/C22H30FN3O2/c23-19-5-3-17(4-6-19)14-20(27)26-11-1-2-18(15-26)21(28)25-12-8-22(9-13-25)7-10-24-16-22/h3-6,18,24H,1-2,7-16H2. The SMILES string of the molecule is O=C(Cc1ccc(F)cc1)N1CCCC(C(=O)N2CCC3(CCNC3)CC2)C1. The van der Waals surface area contributed by atoms with Crippen molar-refractivity contribution in [3.05, 3.63) is 35.6 Å². The Balaban J connectivity index is 1.31. The van der Waals surface area contributed by atoms with Crippen molar-refractivity contribution in [2.24, 2.45) is 11.3 Å². The van der Waals surface area contributed by atoms with Crippen LogP contribution in [0.4, 0.5) is 4.39 Å². The van der Waals surface area contributed by atoms with Crippen LogP contribution in [0.3, 0.4) is 0 Å². The highest BCUT2D eigenvalue weighted by molar-refractivity contribution is 5.82. The van der Waals surface area contributed by atoms with Crippen LogP contribution in [0, 0.1) is 17.2 Å². The average molecular weight is 387 g/mol. The van der Waals surface area contributed by atoms with Crippen LogP contribution in [0.2, 0.25) is 0 Å². The Bertz CT molecular complexity index is 705. The maximum absolute atomic E-state index is 13.1. The minimum Gasteiger partial charge on any atom is -0.342 e. The number of nitrogens with one attached hydrogen (secondary N) is 1. The Morgan fingerprint density at radius 1 is 1.07 bits per heavy atom. The summed E-state index contributed by atoms with van der Waals surface area (Å²) < 4.78 is 13.1. The van der Waals surface area contributed by atoms with Gasteiger partial charge in [0.15, 0.2) is 0 Å². The number of halogens is 1. The molecule has 1 aromatic carbocycles. The molecule has 1 atom stereocenters. The molecule has 4 rings (SSSR count). The molecule has 1 spiro atoms. The molecule has 1 unspecified atom stereocenters. The van der Waals surface area contributed by atoms with Gasteiger partial charge >= 0.3 is 0 Å². The lowest BCUT2D eigenvalue weighted by Crippen LogP contribution is -2.50. The normalized spacial score (nSPS) is 24.5. The first kappa shape index (κ1) is 19.4. The highest BCUT2D eigenvalue weighted by Crippen LogP contribution is 2.37. The topological polar surface area (TPSA) is 52.7 Å². The Morgan fingerprint density at radius 3 is 2.50 bits per heavy atom. The number of carbonyl (C=O) groups is 2. The second-order valence-corrected chi connectivity index (χ2v) is 8.73. The number of hydrogen-bond donors (Lipinski definition) is 1. The van der Waals surface area contributed by atoms with Crippen LogP contribution < -0.4 is 5.32 Å². The van der Waals surface area contributed by atoms with Gasteiger partial charge in [0.05, 0.1) is 12.3 Å². The predicted molar refractivity (Wildman–Crippen MR) is 105 cm³/mol. The maximum Gasteiger partial charge on any atom is 0.227 e. The molecule has 0 saturated carbocycles. The third-order valence-electron chi connectivity index (χ3n) is 6.86. The van der Waals surface area contributed by atoms with Crippen molar-refractivity contribution in [3.8, 4) is 0 Å². The molecule has 0 aromatic heterocycles. The van der Waals surface area contributed by atoms with E-state index in [0.29, 0.717) is 18.5 Å². The summed E-state index contributed by atoms with van der Waals surface area (Å²) >= 11 is 0. The average Bonchev–Trinajstić information content (AvgIpc) is 3.18. The molecule has 0 radical (unpaired) electrons. The van der Waals surface area contributed by atoms with Crippen LogP contribution in [0.5, 0.6) is 0 Å². The first-order chi connectivity index (χ1) is 13.5. The van der Waals surface area contributed by atoms with Crippen molar-refractivity contribution in [3.63, 3.8) is 0 Å². The van der Waals surface area contributed by atoms with Gasteiger partial charge < -0.3 is 15.1 Å². The Labute approximate surface area is 166 Å². The first-order valence-corrected chi connectivity index (χ1v) is 10.6. The van der Waals surface area contributed by atoms with Crippen LogP contribution in [0.15, 0.2) is 24.3 Å². The molecule has 3 saturated heterocycles. The summed E-state index contributed by atoms with van der Waals surface area (Å²) in [6.07, 6.45) is 5.40. The molecule has 6 heteroatoms. The van der Waals surface area contributed by atoms with E-state index in [2.05, 4.69) is 5.32 Å². The molecule has 3 aliphatic heterocycles. The highest BCUT2D eigenvalue weighted by Gasteiger charge is 2.40. The van der Waals surface area contributed by atoms with E-state index in [4.69, 9.17) is 0 Å². The summed E-state index contributed by atoms with van der Waals surface area (Å²) in [4.78, 5) is 29.6. The lowest BCUT2D eigenvalue weighted by Gasteiger charge is -2.41. The van der Waals surface area contributed by atoms with Gasteiger partial charge in [0.1, 0.15) is 5.82 Å². The second kappa shape index (κ2) is 8.19. The van der Waals surface area contributed by atoms with Crippen LogP contribution >= 0.6 is 0 Å². The quantitative estimate of drug-likeness (QED) is 0.865. The number of piperidine rings is 2. The zero-order valence-corrected chi connectivity index (χ0v) is 16.5. The van der Waals surface area contributed by atoms with Gasteiger partial charge in [-0.05, 0) is 61.8 Å². The number of carbonyl (C=O) groups excluding carboxylic acids is 2. The van der Waals surface area contributed by atoms with E-state index in [1.165, 1.54) is 18.6 Å². The lowest BCUT2D eigenvalue weighted by molar-refractivity contribution is -0.142. The number of rotatable bonds is 3. The van der Waals surface area contributed by atoms with Gasteiger partial charge in [-0.25, -0.2) is 4.39 Å². The molecule has 152 valence electrons. The molecular formula is C22H30FN3O2. The first-order valence-electron chi connectivity index (χ1n) is 10.6. The van der Waals surface area contributed by atoms with Crippen LogP contribution in [0.1, 0.15) is 37.7 Å². The van der Waals surface area contributed by atoms with E-state index in [1.807, 2.05) is 9.80 Å². The fourth-order valence-electron chi connectivity index (χ4n) is 4.98. The summed E-state index contributed by atoms with van der Waals surface area (Å²) in [5.74, 6) is -0.128. The highest BCUT2D eigenvalue weighted by atomic mass is 19.1. The van der Waals surface area contributed by atoms with Gasteiger partial charge in [0, 0.05) is 32.7 Å². The van der Waals surface area contributed by atoms with E-state index in [1.54, 1.807) is 12.1 Å². The largest absolute Gasteiger partial charge is 0.342 e. The van der Waals surface area contributed by atoms with E-state index < -0.39 is 0 Å². The number of hydrogen-bond acceptors (Lipinski definition) is 3. The predicted octanol–water partition coefficient (Wildman–Crippen LogP) is 2.21. The molecule has 3 aliphatic rings. The fraction of sp³-hybridized carbons (Fsp3) is 0.636. The van der Waals surface area contributed by atoms with E-state index in [-0.39, 0.29) is 30.0 Å². The summed E-state index contributed by atoms with van der Waals surface area (Å²) in [5, 5.41) is 3.46. The summed E-state index contributed by atoms with van der Waals surface area (Å²) in [7, 11) is 0. The Hall–Kier alpha value is -1.95. The number of likely N-dealkylation sites (tertiary alicyclic amines) is 2. The fourth-order valence-corrected chi connectivity index (χ4v) is 4.98.